The Morgan fingerprint density at radius 3 is 2.44 bits per heavy atom. The summed E-state index contributed by atoms with van der Waals surface area (Å²) >= 11 is 7.31. The number of thiophene rings is 1. The van der Waals surface area contributed by atoms with Crippen LogP contribution in [0.2, 0.25) is 0 Å². The third-order valence-corrected chi connectivity index (χ3v) is 3.67. The lowest BCUT2D eigenvalue weighted by molar-refractivity contribution is 0.441. The molecule has 0 spiro atoms. The zero-order chi connectivity index (χ0) is 11.7. The SMILES string of the molecule is Fc1ccc(C(Cl)c2cccs2)c(F)c1F. The number of hydrogen-bond acceptors (Lipinski definition) is 1. The predicted molar refractivity (Wildman–Crippen MR) is 58.3 cm³/mol. The molecule has 0 aliphatic rings. The molecule has 0 saturated carbocycles. The second kappa shape index (κ2) is 4.47. The van der Waals surface area contributed by atoms with Crippen molar-refractivity contribution in [2.45, 2.75) is 5.38 Å². The first-order valence-corrected chi connectivity index (χ1v) is 5.73. The van der Waals surface area contributed by atoms with Crippen molar-refractivity contribution in [2.75, 3.05) is 0 Å². The van der Waals surface area contributed by atoms with Gasteiger partial charge in [-0.3, -0.25) is 0 Å². The second-order valence-electron chi connectivity index (χ2n) is 3.14. The Hall–Kier alpha value is -1.00. The first-order chi connectivity index (χ1) is 7.61. The molecule has 1 unspecified atom stereocenters. The van der Waals surface area contributed by atoms with Crippen molar-refractivity contribution in [2.24, 2.45) is 0 Å². The van der Waals surface area contributed by atoms with Crippen LogP contribution in [0.5, 0.6) is 0 Å². The van der Waals surface area contributed by atoms with Crippen LogP contribution in [0.3, 0.4) is 0 Å². The van der Waals surface area contributed by atoms with Crippen LogP contribution < -0.4 is 0 Å². The lowest BCUT2D eigenvalue weighted by Gasteiger charge is -2.09. The fourth-order valence-electron chi connectivity index (χ4n) is 1.33. The average Bonchev–Trinajstić information content (AvgIpc) is 2.79. The van der Waals surface area contributed by atoms with E-state index in [-0.39, 0.29) is 5.56 Å². The molecule has 2 aromatic rings. The molecule has 0 N–H and O–H groups in total. The first kappa shape index (κ1) is 11.5. The molecule has 1 aromatic carbocycles. The summed E-state index contributed by atoms with van der Waals surface area (Å²) in [6.45, 7) is 0. The first-order valence-electron chi connectivity index (χ1n) is 4.42. The third-order valence-electron chi connectivity index (χ3n) is 2.13. The zero-order valence-electron chi connectivity index (χ0n) is 7.88. The van der Waals surface area contributed by atoms with E-state index in [9.17, 15) is 13.2 Å². The minimum absolute atomic E-state index is 0.0528. The highest BCUT2D eigenvalue weighted by molar-refractivity contribution is 7.10. The largest absolute Gasteiger partial charge is 0.204 e. The van der Waals surface area contributed by atoms with Crippen LogP contribution in [-0.4, -0.2) is 0 Å². The lowest BCUT2D eigenvalue weighted by Crippen LogP contribution is -2.00. The highest BCUT2D eigenvalue weighted by atomic mass is 35.5. The normalized spacial score (nSPS) is 12.8. The van der Waals surface area contributed by atoms with Gasteiger partial charge >= 0.3 is 0 Å². The number of rotatable bonds is 2. The number of alkyl halides is 1. The summed E-state index contributed by atoms with van der Waals surface area (Å²) in [6.07, 6.45) is 0. The molecule has 0 radical (unpaired) electrons. The minimum Gasteiger partial charge on any atom is -0.204 e. The second-order valence-corrected chi connectivity index (χ2v) is 4.56. The van der Waals surface area contributed by atoms with Crippen molar-refractivity contribution in [1.82, 2.24) is 0 Å². The van der Waals surface area contributed by atoms with Gasteiger partial charge in [-0.25, -0.2) is 13.2 Å². The Morgan fingerprint density at radius 1 is 1.06 bits per heavy atom. The van der Waals surface area contributed by atoms with Crippen molar-refractivity contribution < 1.29 is 13.2 Å². The van der Waals surface area contributed by atoms with Crippen LogP contribution in [0.15, 0.2) is 29.6 Å². The van der Waals surface area contributed by atoms with Gasteiger partial charge in [0.1, 0.15) is 0 Å². The average molecular weight is 263 g/mol. The van der Waals surface area contributed by atoms with Crippen molar-refractivity contribution in [3.05, 3.63) is 57.5 Å². The highest BCUT2D eigenvalue weighted by Crippen LogP contribution is 2.34. The van der Waals surface area contributed by atoms with E-state index >= 15 is 0 Å². The van der Waals surface area contributed by atoms with E-state index in [1.54, 1.807) is 17.5 Å². The number of hydrogen-bond donors (Lipinski definition) is 0. The Balaban J connectivity index is 2.45. The molecule has 0 bridgehead atoms. The Morgan fingerprint density at radius 2 is 1.81 bits per heavy atom. The van der Waals surface area contributed by atoms with E-state index in [0.29, 0.717) is 4.88 Å². The summed E-state index contributed by atoms with van der Waals surface area (Å²) in [6, 6.07) is 5.50. The molecule has 5 heteroatoms. The van der Waals surface area contributed by atoms with E-state index in [0.717, 1.165) is 12.1 Å². The molecule has 1 aromatic heterocycles. The van der Waals surface area contributed by atoms with Gasteiger partial charge in [0.15, 0.2) is 17.5 Å². The fourth-order valence-corrected chi connectivity index (χ4v) is 2.44. The molecule has 16 heavy (non-hydrogen) atoms. The maximum absolute atomic E-state index is 13.4. The molecule has 1 heterocycles. The van der Waals surface area contributed by atoms with Gasteiger partial charge in [-0.1, -0.05) is 12.1 Å². The van der Waals surface area contributed by atoms with Crippen LogP contribution in [0.1, 0.15) is 15.8 Å². The molecular formula is C11H6ClF3S. The smallest absolute Gasteiger partial charge is 0.194 e. The zero-order valence-corrected chi connectivity index (χ0v) is 9.46. The topological polar surface area (TPSA) is 0 Å². The standard InChI is InChI=1S/C11H6ClF3S/c12-9(8-2-1-5-16-8)6-3-4-7(13)11(15)10(6)14/h1-5,9H. The van der Waals surface area contributed by atoms with Gasteiger partial charge in [-0.05, 0) is 17.5 Å². The monoisotopic (exact) mass is 262 g/mol. The summed E-state index contributed by atoms with van der Waals surface area (Å²) in [5.41, 5.74) is -0.0528. The maximum Gasteiger partial charge on any atom is 0.194 e. The minimum atomic E-state index is -1.49. The van der Waals surface area contributed by atoms with Crippen LogP contribution in [0.25, 0.3) is 0 Å². The molecule has 0 amide bonds. The maximum atomic E-state index is 13.4. The van der Waals surface area contributed by atoms with Gasteiger partial charge in [0, 0.05) is 10.4 Å². The molecule has 0 nitrogen and oxygen atoms in total. The van der Waals surface area contributed by atoms with E-state index in [1.165, 1.54) is 11.3 Å². The van der Waals surface area contributed by atoms with Crippen LogP contribution in [0.4, 0.5) is 13.2 Å². The lowest BCUT2D eigenvalue weighted by atomic mass is 10.1. The van der Waals surface area contributed by atoms with Crippen molar-refractivity contribution >= 4 is 22.9 Å². The Bertz CT molecular complexity index is 496. The Kier molecular flexibility index (Phi) is 3.21. The molecule has 2 rings (SSSR count). The number of halogens is 4. The molecule has 0 fully saturated rings. The van der Waals surface area contributed by atoms with E-state index in [4.69, 9.17) is 11.6 Å². The fraction of sp³-hybridized carbons (Fsp3) is 0.0909. The van der Waals surface area contributed by atoms with Crippen molar-refractivity contribution in [1.29, 1.82) is 0 Å². The van der Waals surface area contributed by atoms with Gasteiger partial charge in [-0.15, -0.1) is 22.9 Å². The quantitative estimate of drug-likeness (QED) is 0.552. The number of benzene rings is 1. The third kappa shape index (κ3) is 1.95. The predicted octanol–water partition coefficient (Wildman–Crippen LogP) is 4.49. The molecule has 0 saturated heterocycles. The summed E-state index contributed by atoms with van der Waals surface area (Å²) in [5, 5.41) is 0.984. The van der Waals surface area contributed by atoms with Gasteiger partial charge in [0.2, 0.25) is 0 Å². The van der Waals surface area contributed by atoms with E-state index in [1.807, 2.05) is 0 Å². The van der Waals surface area contributed by atoms with Crippen LogP contribution in [0, 0.1) is 17.5 Å². The van der Waals surface area contributed by atoms with Gasteiger partial charge in [-0.2, -0.15) is 0 Å². The van der Waals surface area contributed by atoms with Crippen LogP contribution in [-0.2, 0) is 0 Å². The van der Waals surface area contributed by atoms with Crippen LogP contribution >= 0.6 is 22.9 Å². The summed E-state index contributed by atoms with van der Waals surface area (Å²) < 4.78 is 39.1. The van der Waals surface area contributed by atoms with Crippen molar-refractivity contribution in [3.63, 3.8) is 0 Å². The molecule has 0 aliphatic carbocycles. The van der Waals surface area contributed by atoms with Gasteiger partial charge in [0.25, 0.3) is 0 Å². The summed E-state index contributed by atoms with van der Waals surface area (Å²) in [5.74, 6) is -3.93. The Labute approximate surface area is 99.3 Å². The highest BCUT2D eigenvalue weighted by Gasteiger charge is 2.20. The van der Waals surface area contributed by atoms with E-state index in [2.05, 4.69) is 0 Å². The molecule has 1 atom stereocenters. The molecule has 0 aliphatic heterocycles. The van der Waals surface area contributed by atoms with Gasteiger partial charge < -0.3 is 0 Å². The summed E-state index contributed by atoms with van der Waals surface area (Å²) in [4.78, 5) is 0.687. The van der Waals surface area contributed by atoms with Crippen molar-refractivity contribution in [3.8, 4) is 0 Å². The van der Waals surface area contributed by atoms with Gasteiger partial charge in [0.05, 0.1) is 5.38 Å². The summed E-state index contributed by atoms with van der Waals surface area (Å²) in [7, 11) is 0. The molecular weight excluding hydrogens is 257 g/mol. The van der Waals surface area contributed by atoms with E-state index < -0.39 is 22.8 Å². The molecule has 84 valence electrons.